The lowest BCUT2D eigenvalue weighted by molar-refractivity contribution is -0.144. The summed E-state index contributed by atoms with van der Waals surface area (Å²) in [7, 11) is 0. The molecule has 158 valence electrons. The first kappa shape index (κ1) is 22.4. The number of carboxylic acids is 1. The van der Waals surface area contributed by atoms with Crippen LogP contribution in [0.15, 0.2) is 30.3 Å². The van der Waals surface area contributed by atoms with Gasteiger partial charge in [0.2, 0.25) is 17.7 Å². The van der Waals surface area contributed by atoms with Crippen molar-refractivity contribution >= 4 is 23.7 Å². The summed E-state index contributed by atoms with van der Waals surface area (Å²) in [5.41, 5.74) is 6.49. The molecule has 0 spiro atoms. The molecule has 1 heterocycles. The smallest absolute Gasteiger partial charge is 0.325 e. The van der Waals surface area contributed by atoms with E-state index >= 15 is 0 Å². The van der Waals surface area contributed by atoms with Gasteiger partial charge in [-0.05, 0) is 32.3 Å². The quantitative estimate of drug-likeness (QED) is 0.466. The largest absolute Gasteiger partial charge is 0.480 e. The van der Waals surface area contributed by atoms with Gasteiger partial charge in [-0.3, -0.25) is 19.2 Å². The summed E-state index contributed by atoms with van der Waals surface area (Å²) in [5, 5.41) is 14.1. The molecular weight excluding hydrogens is 376 g/mol. The summed E-state index contributed by atoms with van der Waals surface area (Å²) in [6, 6.07) is 5.74. The van der Waals surface area contributed by atoms with Crippen molar-refractivity contribution < 1.29 is 24.3 Å². The van der Waals surface area contributed by atoms with E-state index in [2.05, 4.69) is 10.6 Å². The maximum Gasteiger partial charge on any atom is 0.325 e. The number of nitrogens with zero attached hydrogens (tertiary/aromatic N) is 1. The van der Waals surface area contributed by atoms with Crippen molar-refractivity contribution in [2.45, 2.75) is 57.3 Å². The summed E-state index contributed by atoms with van der Waals surface area (Å²) in [5.74, 6) is -2.51. The maximum absolute atomic E-state index is 13.2. The summed E-state index contributed by atoms with van der Waals surface area (Å²) in [4.78, 5) is 50.3. The predicted octanol–water partition coefficient (Wildman–Crippen LogP) is -0.359. The van der Waals surface area contributed by atoms with E-state index in [4.69, 9.17) is 10.8 Å². The zero-order valence-corrected chi connectivity index (χ0v) is 16.6. The van der Waals surface area contributed by atoms with Crippen LogP contribution in [0.4, 0.5) is 0 Å². The van der Waals surface area contributed by atoms with Crippen LogP contribution < -0.4 is 16.4 Å². The third-order valence-corrected chi connectivity index (χ3v) is 4.88. The Labute approximate surface area is 169 Å². The van der Waals surface area contributed by atoms with Crippen molar-refractivity contribution in [2.75, 3.05) is 6.54 Å². The van der Waals surface area contributed by atoms with Gasteiger partial charge in [-0.1, -0.05) is 30.3 Å². The SMILES string of the molecule is C[C@H](N)C(=O)N[C@@H](Cc1ccccc1)C(=O)N1CCC[C@H]1C(=O)N[C@@H](C)C(=O)O. The Kier molecular flexibility index (Phi) is 7.72. The van der Waals surface area contributed by atoms with E-state index in [1.165, 1.54) is 18.7 Å². The lowest BCUT2D eigenvalue weighted by Crippen LogP contribution is -2.56. The van der Waals surface area contributed by atoms with E-state index in [1.54, 1.807) is 0 Å². The number of rotatable bonds is 8. The Hall–Kier alpha value is -2.94. The highest BCUT2D eigenvalue weighted by molar-refractivity contribution is 5.94. The number of hydrogen-bond acceptors (Lipinski definition) is 5. The number of amides is 3. The van der Waals surface area contributed by atoms with Crippen LogP contribution in [0.25, 0.3) is 0 Å². The van der Waals surface area contributed by atoms with Crippen molar-refractivity contribution in [1.82, 2.24) is 15.5 Å². The van der Waals surface area contributed by atoms with Crippen molar-refractivity contribution in [1.29, 1.82) is 0 Å². The highest BCUT2D eigenvalue weighted by Crippen LogP contribution is 2.20. The third-order valence-electron chi connectivity index (χ3n) is 4.88. The first-order valence-corrected chi connectivity index (χ1v) is 9.64. The number of carbonyl (C=O) groups is 4. The number of benzene rings is 1. The molecule has 9 heteroatoms. The second-order valence-corrected chi connectivity index (χ2v) is 7.30. The molecule has 1 aromatic carbocycles. The first-order chi connectivity index (χ1) is 13.7. The summed E-state index contributed by atoms with van der Waals surface area (Å²) >= 11 is 0. The minimum Gasteiger partial charge on any atom is -0.480 e. The van der Waals surface area contributed by atoms with E-state index in [0.29, 0.717) is 19.4 Å². The number of nitrogens with two attached hydrogens (primary N) is 1. The summed E-state index contributed by atoms with van der Waals surface area (Å²) in [6.45, 7) is 3.25. The number of hydrogen-bond donors (Lipinski definition) is 4. The third kappa shape index (κ3) is 6.02. The van der Waals surface area contributed by atoms with Crippen molar-refractivity contribution in [3.05, 3.63) is 35.9 Å². The van der Waals surface area contributed by atoms with Gasteiger partial charge < -0.3 is 26.4 Å². The highest BCUT2D eigenvalue weighted by atomic mass is 16.4. The molecule has 0 aromatic heterocycles. The van der Waals surface area contributed by atoms with Gasteiger partial charge in [0.15, 0.2) is 0 Å². The molecule has 1 aromatic rings. The Morgan fingerprint density at radius 1 is 1.17 bits per heavy atom. The highest BCUT2D eigenvalue weighted by Gasteiger charge is 2.38. The van der Waals surface area contributed by atoms with E-state index in [-0.39, 0.29) is 12.3 Å². The number of carboxylic acid groups (broad SMARTS) is 1. The standard InChI is InChI=1S/C20H28N4O5/c1-12(21)17(25)23-15(11-14-7-4-3-5-8-14)19(27)24-10-6-9-16(24)18(26)22-13(2)20(28)29/h3-5,7-8,12-13,15-16H,6,9-11,21H2,1-2H3,(H,22,26)(H,23,25)(H,28,29)/t12-,13-,15-,16-/m0/s1. The molecule has 3 amide bonds. The van der Waals surface area contributed by atoms with Gasteiger partial charge in [-0.25, -0.2) is 0 Å². The van der Waals surface area contributed by atoms with Gasteiger partial charge in [0.25, 0.3) is 0 Å². The minimum atomic E-state index is -1.15. The van der Waals surface area contributed by atoms with Gasteiger partial charge in [0, 0.05) is 13.0 Å². The van der Waals surface area contributed by atoms with Crippen LogP contribution in [0.1, 0.15) is 32.3 Å². The van der Waals surface area contributed by atoms with Gasteiger partial charge >= 0.3 is 5.97 Å². The van der Waals surface area contributed by atoms with E-state index < -0.39 is 42.0 Å². The minimum absolute atomic E-state index is 0.258. The van der Waals surface area contributed by atoms with Crippen molar-refractivity contribution in [3.63, 3.8) is 0 Å². The monoisotopic (exact) mass is 404 g/mol. The Balaban J connectivity index is 2.18. The number of likely N-dealkylation sites (tertiary alicyclic amines) is 1. The maximum atomic E-state index is 13.2. The van der Waals surface area contributed by atoms with Gasteiger partial charge in [-0.15, -0.1) is 0 Å². The molecular formula is C20H28N4O5. The number of nitrogens with one attached hydrogen (secondary N) is 2. The first-order valence-electron chi connectivity index (χ1n) is 9.64. The lowest BCUT2D eigenvalue weighted by Gasteiger charge is -2.29. The van der Waals surface area contributed by atoms with Crippen LogP contribution in [0, 0.1) is 0 Å². The van der Waals surface area contributed by atoms with Crippen molar-refractivity contribution in [2.24, 2.45) is 5.73 Å². The molecule has 1 fully saturated rings. The molecule has 0 aliphatic carbocycles. The fourth-order valence-electron chi connectivity index (χ4n) is 3.23. The second-order valence-electron chi connectivity index (χ2n) is 7.30. The Morgan fingerprint density at radius 2 is 1.83 bits per heavy atom. The molecule has 29 heavy (non-hydrogen) atoms. The molecule has 0 saturated carbocycles. The lowest BCUT2D eigenvalue weighted by atomic mass is 10.0. The second kappa shape index (κ2) is 10.0. The van der Waals surface area contributed by atoms with Gasteiger partial charge in [0.05, 0.1) is 6.04 Å². The average Bonchev–Trinajstić information content (AvgIpc) is 3.17. The molecule has 1 saturated heterocycles. The van der Waals surface area contributed by atoms with Crippen LogP contribution in [-0.2, 0) is 25.6 Å². The van der Waals surface area contributed by atoms with Crippen LogP contribution >= 0.6 is 0 Å². The number of aliphatic carboxylic acids is 1. The Morgan fingerprint density at radius 3 is 2.41 bits per heavy atom. The fourth-order valence-corrected chi connectivity index (χ4v) is 3.23. The molecule has 9 nitrogen and oxygen atoms in total. The summed E-state index contributed by atoms with van der Waals surface area (Å²) < 4.78 is 0. The van der Waals surface area contributed by atoms with Crippen LogP contribution in [0.3, 0.4) is 0 Å². The topological polar surface area (TPSA) is 142 Å². The van der Waals surface area contributed by atoms with Crippen LogP contribution in [0.5, 0.6) is 0 Å². The molecule has 2 rings (SSSR count). The molecule has 0 bridgehead atoms. The molecule has 5 N–H and O–H groups in total. The van der Waals surface area contributed by atoms with E-state index in [9.17, 15) is 19.2 Å². The number of carbonyl (C=O) groups excluding carboxylic acids is 3. The molecule has 0 radical (unpaired) electrons. The molecule has 1 aliphatic rings. The molecule has 4 atom stereocenters. The van der Waals surface area contributed by atoms with Crippen molar-refractivity contribution in [3.8, 4) is 0 Å². The average molecular weight is 404 g/mol. The zero-order valence-electron chi connectivity index (χ0n) is 16.6. The Bertz CT molecular complexity index is 752. The fraction of sp³-hybridized carbons (Fsp3) is 0.500. The van der Waals surface area contributed by atoms with Gasteiger partial charge in [0.1, 0.15) is 18.1 Å². The van der Waals surface area contributed by atoms with Crippen LogP contribution in [-0.4, -0.2) is 64.4 Å². The zero-order chi connectivity index (χ0) is 21.6. The van der Waals surface area contributed by atoms with Gasteiger partial charge in [-0.2, -0.15) is 0 Å². The predicted molar refractivity (Wildman–Crippen MR) is 106 cm³/mol. The van der Waals surface area contributed by atoms with Crippen LogP contribution in [0.2, 0.25) is 0 Å². The van der Waals surface area contributed by atoms with E-state index in [0.717, 1.165) is 5.56 Å². The normalized spacial score (nSPS) is 19.1. The summed E-state index contributed by atoms with van der Waals surface area (Å²) in [6.07, 6.45) is 1.31. The molecule has 0 unspecified atom stereocenters. The molecule has 1 aliphatic heterocycles. The van der Waals surface area contributed by atoms with E-state index in [1.807, 2.05) is 30.3 Å².